The number of furan rings is 1. The maximum Gasteiger partial charge on any atom is 0.159 e. The SMILES string of the molecule is c1ccc(-c2ccc(C3=NC(c4ccc5ccccc5c4)NC(c4cccc5oc6cccc(-c7ccc8ccc9ccccc9c8c7)c6c45)=N3)cc2)cc1. The van der Waals surface area contributed by atoms with Crippen LogP contribution in [0.5, 0.6) is 0 Å². The van der Waals surface area contributed by atoms with Gasteiger partial charge in [-0.25, -0.2) is 9.98 Å². The summed E-state index contributed by atoms with van der Waals surface area (Å²) in [6.07, 6.45) is -0.359. The van der Waals surface area contributed by atoms with Crippen LogP contribution in [0.25, 0.3) is 76.5 Å². The van der Waals surface area contributed by atoms with Gasteiger partial charge in [0.2, 0.25) is 0 Å². The van der Waals surface area contributed by atoms with Gasteiger partial charge in [-0.3, -0.25) is 0 Å². The highest BCUT2D eigenvalue weighted by atomic mass is 16.3. The van der Waals surface area contributed by atoms with Crippen molar-refractivity contribution < 1.29 is 4.42 Å². The van der Waals surface area contributed by atoms with Gasteiger partial charge in [-0.2, -0.15) is 0 Å². The van der Waals surface area contributed by atoms with Crippen LogP contribution < -0.4 is 5.32 Å². The van der Waals surface area contributed by atoms with E-state index >= 15 is 0 Å². The second-order valence-corrected chi connectivity index (χ2v) is 14.2. The van der Waals surface area contributed by atoms with Gasteiger partial charge in [-0.15, -0.1) is 0 Å². The third-order valence-electron chi connectivity index (χ3n) is 10.9. The first-order valence-corrected chi connectivity index (χ1v) is 18.7. The fourth-order valence-corrected chi connectivity index (χ4v) is 8.18. The highest BCUT2D eigenvalue weighted by Crippen LogP contribution is 2.40. The third-order valence-corrected chi connectivity index (χ3v) is 10.9. The summed E-state index contributed by atoms with van der Waals surface area (Å²) in [6, 6.07) is 66.4. The molecule has 4 nitrogen and oxygen atoms in total. The van der Waals surface area contributed by atoms with Crippen molar-refractivity contribution in [3.8, 4) is 22.3 Å². The van der Waals surface area contributed by atoms with Crippen molar-refractivity contribution in [3.05, 3.63) is 205 Å². The lowest BCUT2D eigenvalue weighted by molar-refractivity contribution is 0.668. The van der Waals surface area contributed by atoms with E-state index in [1.807, 2.05) is 6.07 Å². The Morgan fingerprint density at radius 1 is 0.418 bits per heavy atom. The molecule has 1 unspecified atom stereocenters. The molecular weight excluding hydrogens is 671 g/mol. The molecule has 4 heteroatoms. The fourth-order valence-electron chi connectivity index (χ4n) is 8.18. The van der Waals surface area contributed by atoms with Crippen molar-refractivity contribution in [2.75, 3.05) is 0 Å². The van der Waals surface area contributed by atoms with Crippen molar-refractivity contribution >= 4 is 65.9 Å². The molecule has 10 aromatic rings. The van der Waals surface area contributed by atoms with Gasteiger partial charge >= 0.3 is 0 Å². The molecule has 258 valence electrons. The molecule has 55 heavy (non-hydrogen) atoms. The van der Waals surface area contributed by atoms with Crippen LogP contribution >= 0.6 is 0 Å². The molecule has 1 aliphatic heterocycles. The van der Waals surface area contributed by atoms with Crippen molar-refractivity contribution in [1.29, 1.82) is 0 Å². The molecule has 0 aliphatic carbocycles. The molecule has 1 aromatic heterocycles. The van der Waals surface area contributed by atoms with Gasteiger partial charge in [0.15, 0.2) is 5.84 Å². The van der Waals surface area contributed by atoms with Crippen LogP contribution in [0.4, 0.5) is 0 Å². The molecule has 1 atom stereocenters. The topological polar surface area (TPSA) is 49.9 Å². The van der Waals surface area contributed by atoms with Crippen molar-refractivity contribution in [2.45, 2.75) is 6.17 Å². The Bertz CT molecular complexity index is 3170. The summed E-state index contributed by atoms with van der Waals surface area (Å²) in [5.41, 5.74) is 9.22. The molecule has 0 fully saturated rings. The zero-order valence-corrected chi connectivity index (χ0v) is 29.8. The van der Waals surface area contributed by atoms with Crippen LogP contribution in [0.3, 0.4) is 0 Å². The zero-order valence-electron chi connectivity index (χ0n) is 29.8. The number of hydrogen-bond donors (Lipinski definition) is 1. The van der Waals surface area contributed by atoms with E-state index < -0.39 is 0 Å². The van der Waals surface area contributed by atoms with Gasteiger partial charge in [-0.05, 0) is 84.4 Å². The number of rotatable bonds is 5. The second kappa shape index (κ2) is 12.7. The minimum Gasteiger partial charge on any atom is -0.456 e. The molecule has 0 spiro atoms. The summed E-state index contributed by atoms with van der Waals surface area (Å²) < 4.78 is 6.62. The molecule has 9 aromatic carbocycles. The van der Waals surface area contributed by atoms with Gasteiger partial charge < -0.3 is 9.73 Å². The Balaban J connectivity index is 1.09. The number of fused-ring (bicyclic) bond motifs is 7. The molecule has 0 radical (unpaired) electrons. The Hall–Kier alpha value is -7.30. The van der Waals surface area contributed by atoms with Crippen LogP contribution in [0.1, 0.15) is 22.9 Å². The fraction of sp³-hybridized carbons (Fsp3) is 0.0196. The number of aliphatic imine (C=N–C) groups is 2. The lowest BCUT2D eigenvalue weighted by atomic mass is 9.93. The molecule has 0 amide bonds. The molecule has 2 heterocycles. The summed E-state index contributed by atoms with van der Waals surface area (Å²) in [4.78, 5) is 10.5. The van der Waals surface area contributed by atoms with Crippen molar-refractivity contribution in [1.82, 2.24) is 5.32 Å². The van der Waals surface area contributed by atoms with E-state index in [0.29, 0.717) is 5.84 Å². The number of hydrogen-bond acceptors (Lipinski definition) is 4. The van der Waals surface area contributed by atoms with Crippen molar-refractivity contribution in [2.24, 2.45) is 9.98 Å². The largest absolute Gasteiger partial charge is 0.456 e. The van der Waals surface area contributed by atoms with Gasteiger partial charge in [-0.1, -0.05) is 164 Å². The first kappa shape index (κ1) is 31.2. The van der Waals surface area contributed by atoms with E-state index in [1.54, 1.807) is 0 Å². The molecule has 11 rings (SSSR count). The maximum atomic E-state index is 6.62. The predicted molar refractivity (Wildman–Crippen MR) is 229 cm³/mol. The average molecular weight is 704 g/mol. The van der Waals surface area contributed by atoms with E-state index in [0.717, 1.165) is 61.2 Å². The molecule has 0 saturated carbocycles. The second-order valence-electron chi connectivity index (χ2n) is 14.2. The lowest BCUT2D eigenvalue weighted by Gasteiger charge is -2.24. The van der Waals surface area contributed by atoms with Crippen LogP contribution in [-0.2, 0) is 0 Å². The molecule has 1 N–H and O–H groups in total. The average Bonchev–Trinajstić information content (AvgIpc) is 3.66. The molecule has 0 saturated heterocycles. The normalized spacial score (nSPS) is 14.4. The summed E-state index contributed by atoms with van der Waals surface area (Å²) in [5, 5.41) is 13.1. The highest BCUT2D eigenvalue weighted by Gasteiger charge is 2.25. The third kappa shape index (κ3) is 5.38. The monoisotopic (exact) mass is 703 g/mol. The summed E-state index contributed by atoms with van der Waals surface area (Å²) >= 11 is 0. The smallest absolute Gasteiger partial charge is 0.159 e. The predicted octanol–water partition coefficient (Wildman–Crippen LogP) is 12.9. The molecular formula is C51H33N3O. The number of nitrogens with zero attached hydrogens (tertiary/aromatic N) is 2. The van der Waals surface area contributed by atoms with E-state index in [2.05, 4.69) is 187 Å². The minimum absolute atomic E-state index is 0.359. The van der Waals surface area contributed by atoms with E-state index in [-0.39, 0.29) is 6.17 Å². The highest BCUT2D eigenvalue weighted by molar-refractivity contribution is 6.24. The number of amidine groups is 2. The van der Waals surface area contributed by atoms with Crippen LogP contribution in [0, 0.1) is 0 Å². The summed E-state index contributed by atoms with van der Waals surface area (Å²) in [5.74, 6) is 1.43. The maximum absolute atomic E-state index is 6.62. The standard InChI is InChI=1S/C51H33N3O/c1-2-10-32(11-3-1)34-20-26-37(27-21-34)49-52-50(40-29-22-33-12-4-5-14-38(33)30-40)54-51(53-49)43-17-9-19-46-48(43)47-42(16-8-18-45(47)55-46)39-28-25-36-24-23-35-13-6-7-15-41(35)44(36)31-39/h1-31,50H,(H,52,53,54). The Morgan fingerprint density at radius 3 is 1.84 bits per heavy atom. The zero-order chi connectivity index (χ0) is 36.3. The summed E-state index contributed by atoms with van der Waals surface area (Å²) in [7, 11) is 0. The minimum atomic E-state index is -0.359. The number of benzene rings is 9. The molecule has 0 bridgehead atoms. The van der Waals surface area contributed by atoms with Crippen molar-refractivity contribution in [3.63, 3.8) is 0 Å². The van der Waals surface area contributed by atoms with E-state index in [1.165, 1.54) is 37.9 Å². The Kier molecular flexibility index (Phi) is 7.20. The van der Waals surface area contributed by atoms with E-state index in [4.69, 9.17) is 14.4 Å². The van der Waals surface area contributed by atoms with Gasteiger partial charge in [0.05, 0.1) is 0 Å². The van der Waals surface area contributed by atoms with Crippen LogP contribution in [-0.4, -0.2) is 11.7 Å². The first-order chi connectivity index (χ1) is 27.2. The Labute approximate surface area is 317 Å². The lowest BCUT2D eigenvalue weighted by Crippen LogP contribution is -2.33. The summed E-state index contributed by atoms with van der Waals surface area (Å²) in [6.45, 7) is 0. The van der Waals surface area contributed by atoms with Gasteiger partial charge in [0.1, 0.15) is 23.2 Å². The Morgan fingerprint density at radius 2 is 1.02 bits per heavy atom. The molecule has 1 aliphatic rings. The van der Waals surface area contributed by atoms with Gasteiger partial charge in [0.25, 0.3) is 0 Å². The van der Waals surface area contributed by atoms with Crippen LogP contribution in [0.2, 0.25) is 0 Å². The van der Waals surface area contributed by atoms with Crippen LogP contribution in [0.15, 0.2) is 202 Å². The van der Waals surface area contributed by atoms with E-state index in [9.17, 15) is 0 Å². The first-order valence-electron chi connectivity index (χ1n) is 18.7. The number of nitrogens with one attached hydrogen (secondary N) is 1. The quantitative estimate of drug-likeness (QED) is 0.181. The van der Waals surface area contributed by atoms with Gasteiger partial charge in [0, 0.05) is 21.9 Å².